The molecule has 0 aliphatic carbocycles. The summed E-state index contributed by atoms with van der Waals surface area (Å²) in [6.45, 7) is 1.94. The van der Waals surface area contributed by atoms with Crippen LogP contribution in [0.2, 0.25) is 0 Å². The summed E-state index contributed by atoms with van der Waals surface area (Å²) >= 11 is 5.13. The largest absolute Gasteiger partial charge is 0.497 e. The van der Waals surface area contributed by atoms with Crippen LogP contribution in [0.1, 0.15) is 19.8 Å². The second-order valence-electron chi connectivity index (χ2n) is 5.68. The number of carbonyl (C=O) groups is 1. The average molecular weight is 369 g/mol. The molecule has 1 aromatic heterocycles. The van der Waals surface area contributed by atoms with E-state index in [1.165, 1.54) is 0 Å². The normalized spacial score (nSPS) is 10.5. The lowest BCUT2D eigenvalue weighted by Crippen LogP contribution is -2.33. The Balaban J connectivity index is 1.71. The van der Waals surface area contributed by atoms with Gasteiger partial charge in [-0.05, 0) is 55.0 Å². The maximum Gasteiger partial charge on any atom is 0.227 e. The molecular formula is C19H19N3O3S. The molecule has 0 aliphatic rings. The molecule has 0 saturated heterocycles. The van der Waals surface area contributed by atoms with Gasteiger partial charge in [0.25, 0.3) is 0 Å². The zero-order chi connectivity index (χ0) is 18.5. The van der Waals surface area contributed by atoms with Crippen molar-refractivity contribution in [3.63, 3.8) is 0 Å². The lowest BCUT2D eigenvalue weighted by molar-refractivity contribution is -0.119. The molecule has 0 spiro atoms. The first-order chi connectivity index (χ1) is 12.6. The van der Waals surface area contributed by atoms with E-state index in [-0.39, 0.29) is 11.0 Å². The monoisotopic (exact) mass is 369 g/mol. The van der Waals surface area contributed by atoms with E-state index < -0.39 is 0 Å². The minimum absolute atomic E-state index is 0.0940. The molecular weight excluding hydrogens is 350 g/mol. The van der Waals surface area contributed by atoms with Crippen LogP contribution in [0.25, 0.3) is 22.6 Å². The Hall–Kier alpha value is -2.93. The highest BCUT2D eigenvalue weighted by Crippen LogP contribution is 2.27. The molecule has 1 amide bonds. The van der Waals surface area contributed by atoms with E-state index in [0.717, 1.165) is 28.9 Å². The van der Waals surface area contributed by atoms with E-state index in [1.807, 2.05) is 49.4 Å². The molecule has 0 unspecified atom stereocenters. The summed E-state index contributed by atoms with van der Waals surface area (Å²) < 4.78 is 11.0. The molecule has 3 rings (SSSR count). The fourth-order valence-corrected chi connectivity index (χ4v) is 2.66. The van der Waals surface area contributed by atoms with Gasteiger partial charge in [0.05, 0.1) is 7.11 Å². The maximum atomic E-state index is 11.5. The van der Waals surface area contributed by atoms with Gasteiger partial charge in [-0.15, -0.1) is 0 Å². The predicted octanol–water partition coefficient (Wildman–Crippen LogP) is 4.12. The molecule has 0 aliphatic heterocycles. The van der Waals surface area contributed by atoms with Gasteiger partial charge >= 0.3 is 0 Å². The van der Waals surface area contributed by atoms with E-state index in [2.05, 4.69) is 15.6 Å². The second kappa shape index (κ2) is 7.97. The summed E-state index contributed by atoms with van der Waals surface area (Å²) in [6.07, 6.45) is 1.22. The summed E-state index contributed by atoms with van der Waals surface area (Å²) in [4.78, 5) is 16.0. The van der Waals surface area contributed by atoms with Gasteiger partial charge in [-0.3, -0.25) is 4.79 Å². The first kappa shape index (κ1) is 17.9. The van der Waals surface area contributed by atoms with Gasteiger partial charge < -0.3 is 19.8 Å². The number of methoxy groups -OCH3 is 1. The van der Waals surface area contributed by atoms with Crippen molar-refractivity contribution < 1.29 is 13.9 Å². The molecule has 1 heterocycles. The Morgan fingerprint density at radius 2 is 2.00 bits per heavy atom. The summed E-state index contributed by atoms with van der Waals surface area (Å²) in [7, 11) is 1.61. The fourth-order valence-electron chi connectivity index (χ4n) is 2.43. The maximum absolute atomic E-state index is 11.5. The van der Waals surface area contributed by atoms with Crippen LogP contribution >= 0.6 is 12.2 Å². The minimum atomic E-state index is -0.0940. The van der Waals surface area contributed by atoms with Crippen LogP contribution in [0, 0.1) is 0 Å². The van der Waals surface area contributed by atoms with Gasteiger partial charge in [-0.2, -0.15) is 0 Å². The van der Waals surface area contributed by atoms with E-state index in [0.29, 0.717) is 17.9 Å². The highest BCUT2D eigenvalue weighted by molar-refractivity contribution is 7.80. The van der Waals surface area contributed by atoms with Gasteiger partial charge in [-0.1, -0.05) is 6.92 Å². The second-order valence-corrected chi connectivity index (χ2v) is 6.09. The van der Waals surface area contributed by atoms with Crippen molar-refractivity contribution in [2.24, 2.45) is 0 Å². The van der Waals surface area contributed by atoms with Crippen molar-refractivity contribution >= 4 is 40.0 Å². The molecule has 0 atom stereocenters. The quantitative estimate of drug-likeness (QED) is 0.659. The number of aromatic nitrogens is 1. The van der Waals surface area contributed by atoms with Gasteiger partial charge in [0.2, 0.25) is 11.8 Å². The van der Waals surface area contributed by atoms with Crippen molar-refractivity contribution in [1.29, 1.82) is 0 Å². The number of hydrogen-bond donors (Lipinski definition) is 2. The van der Waals surface area contributed by atoms with Gasteiger partial charge in [0.15, 0.2) is 10.7 Å². The predicted molar refractivity (Wildman–Crippen MR) is 105 cm³/mol. The van der Waals surface area contributed by atoms with Crippen molar-refractivity contribution in [2.45, 2.75) is 19.8 Å². The number of hydrogen-bond acceptors (Lipinski definition) is 5. The molecule has 2 aromatic carbocycles. The van der Waals surface area contributed by atoms with Crippen molar-refractivity contribution in [3.05, 3.63) is 42.5 Å². The third kappa shape index (κ3) is 4.18. The number of fused-ring (bicyclic) bond motifs is 1. The molecule has 26 heavy (non-hydrogen) atoms. The molecule has 0 saturated carbocycles. The first-order valence-corrected chi connectivity index (χ1v) is 8.65. The summed E-state index contributed by atoms with van der Waals surface area (Å²) in [5, 5.41) is 5.91. The highest BCUT2D eigenvalue weighted by Gasteiger charge is 2.10. The molecule has 3 aromatic rings. The van der Waals surface area contributed by atoms with Crippen molar-refractivity contribution in [2.75, 3.05) is 12.4 Å². The van der Waals surface area contributed by atoms with Crippen LogP contribution < -0.4 is 15.4 Å². The van der Waals surface area contributed by atoms with E-state index in [1.54, 1.807) is 7.11 Å². The number of ether oxygens (including phenoxy) is 1. The molecule has 0 radical (unpaired) electrons. The Labute approximate surface area is 156 Å². The number of rotatable bonds is 5. The number of carbonyl (C=O) groups excluding carboxylic acids is 1. The first-order valence-electron chi connectivity index (χ1n) is 8.25. The molecule has 134 valence electrons. The lowest BCUT2D eigenvalue weighted by Gasteiger charge is -2.09. The Kier molecular flexibility index (Phi) is 5.48. The van der Waals surface area contributed by atoms with Crippen LogP contribution in [-0.4, -0.2) is 23.1 Å². The number of thiocarbonyl (C=S) groups is 1. The number of amides is 1. The standard InChI is InChI=1S/C19H19N3O3S/c1-3-4-17(23)22-19(26)20-13-7-5-12(6-8-13)18-21-15-11-14(24-2)9-10-16(15)25-18/h5-11H,3-4H2,1-2H3,(H2,20,22,23,26). The van der Waals surface area contributed by atoms with Crippen LogP contribution in [0.3, 0.4) is 0 Å². The molecule has 2 N–H and O–H groups in total. The number of nitrogens with zero attached hydrogens (tertiary/aromatic N) is 1. The number of benzene rings is 2. The molecule has 7 heteroatoms. The van der Waals surface area contributed by atoms with Crippen LogP contribution in [0.5, 0.6) is 5.75 Å². The fraction of sp³-hybridized carbons (Fsp3) is 0.211. The smallest absolute Gasteiger partial charge is 0.227 e. The van der Waals surface area contributed by atoms with Gasteiger partial charge in [-0.25, -0.2) is 4.98 Å². The zero-order valence-electron chi connectivity index (χ0n) is 14.5. The molecule has 6 nitrogen and oxygen atoms in total. The number of anilines is 1. The third-order valence-corrected chi connectivity index (χ3v) is 3.92. The van der Waals surface area contributed by atoms with Crippen molar-refractivity contribution in [3.8, 4) is 17.2 Å². The Morgan fingerprint density at radius 3 is 2.69 bits per heavy atom. The molecule has 0 bridgehead atoms. The molecule has 0 fully saturated rings. The topological polar surface area (TPSA) is 76.4 Å². The third-order valence-electron chi connectivity index (χ3n) is 3.71. The van der Waals surface area contributed by atoms with E-state index in [4.69, 9.17) is 21.4 Å². The summed E-state index contributed by atoms with van der Waals surface area (Å²) in [5.74, 6) is 1.16. The number of nitrogens with one attached hydrogen (secondary N) is 2. The van der Waals surface area contributed by atoms with Gasteiger partial charge in [0.1, 0.15) is 11.3 Å². The Bertz CT molecular complexity index is 935. The average Bonchev–Trinajstić information content (AvgIpc) is 3.05. The Morgan fingerprint density at radius 1 is 1.23 bits per heavy atom. The summed E-state index contributed by atoms with van der Waals surface area (Å²) in [5.41, 5.74) is 3.05. The van der Waals surface area contributed by atoms with Gasteiger partial charge in [0, 0.05) is 23.7 Å². The summed E-state index contributed by atoms with van der Waals surface area (Å²) in [6, 6.07) is 12.9. The van der Waals surface area contributed by atoms with E-state index in [9.17, 15) is 4.79 Å². The van der Waals surface area contributed by atoms with Crippen molar-refractivity contribution in [1.82, 2.24) is 10.3 Å². The SMILES string of the molecule is CCCC(=O)NC(=S)Nc1ccc(-c2nc3cc(OC)ccc3o2)cc1. The van der Waals surface area contributed by atoms with Crippen LogP contribution in [-0.2, 0) is 4.79 Å². The minimum Gasteiger partial charge on any atom is -0.497 e. The number of oxazole rings is 1. The lowest BCUT2D eigenvalue weighted by atomic mass is 10.2. The van der Waals surface area contributed by atoms with Crippen LogP contribution in [0.15, 0.2) is 46.9 Å². The zero-order valence-corrected chi connectivity index (χ0v) is 15.4. The van der Waals surface area contributed by atoms with Crippen LogP contribution in [0.4, 0.5) is 5.69 Å². The van der Waals surface area contributed by atoms with E-state index >= 15 is 0 Å². The highest BCUT2D eigenvalue weighted by atomic mass is 32.1.